The molecule has 2 fully saturated rings. The van der Waals surface area contributed by atoms with Gasteiger partial charge in [0.1, 0.15) is 5.82 Å². The van der Waals surface area contributed by atoms with E-state index < -0.39 is 0 Å². The number of hydrogen-bond acceptors (Lipinski definition) is 5. The molecule has 2 saturated carbocycles. The number of nitriles is 1. The van der Waals surface area contributed by atoms with Crippen LogP contribution in [-0.2, 0) is 4.79 Å². The number of hydrogen-bond donors (Lipinski definition) is 0. The third-order valence-electron chi connectivity index (χ3n) is 4.10. The summed E-state index contributed by atoms with van der Waals surface area (Å²) in [5.74, 6) is 2.14. The molecule has 1 aromatic heterocycles. The average molecular weight is 319 g/mol. The molecule has 7 heteroatoms. The molecule has 1 heterocycles. The maximum atomic E-state index is 12.2. The fourth-order valence-corrected chi connectivity index (χ4v) is 3.46. The molecule has 0 aromatic carbocycles. The lowest BCUT2D eigenvalue weighted by Gasteiger charge is -2.19. The highest BCUT2D eigenvalue weighted by atomic mass is 32.2. The van der Waals surface area contributed by atoms with E-state index in [0.29, 0.717) is 37.2 Å². The molecular weight excluding hydrogens is 298 g/mol. The Morgan fingerprint density at radius 3 is 2.77 bits per heavy atom. The van der Waals surface area contributed by atoms with Crippen LogP contribution < -0.4 is 0 Å². The molecule has 0 saturated heterocycles. The van der Waals surface area contributed by atoms with Gasteiger partial charge in [0, 0.05) is 25.0 Å². The minimum absolute atomic E-state index is 0.0704. The van der Waals surface area contributed by atoms with E-state index in [-0.39, 0.29) is 5.91 Å². The van der Waals surface area contributed by atoms with Crippen molar-refractivity contribution < 1.29 is 4.79 Å². The highest BCUT2D eigenvalue weighted by Gasteiger charge is 2.36. The van der Waals surface area contributed by atoms with Gasteiger partial charge in [-0.05, 0) is 32.6 Å². The molecule has 6 nitrogen and oxygen atoms in total. The highest BCUT2D eigenvalue weighted by molar-refractivity contribution is 7.99. The minimum Gasteiger partial charge on any atom is -0.341 e. The van der Waals surface area contributed by atoms with Crippen LogP contribution >= 0.6 is 11.8 Å². The normalized spacial score (nSPS) is 17.3. The Morgan fingerprint density at radius 1 is 1.41 bits per heavy atom. The van der Waals surface area contributed by atoms with E-state index in [1.54, 1.807) is 4.90 Å². The van der Waals surface area contributed by atoms with E-state index >= 15 is 0 Å². The number of carbonyl (C=O) groups is 1. The lowest BCUT2D eigenvalue weighted by molar-refractivity contribution is -0.128. The van der Waals surface area contributed by atoms with Crippen molar-refractivity contribution in [3.8, 4) is 6.07 Å². The van der Waals surface area contributed by atoms with E-state index in [1.165, 1.54) is 37.4 Å². The molecule has 0 radical (unpaired) electrons. The van der Waals surface area contributed by atoms with E-state index in [1.807, 2.05) is 6.92 Å². The Hall–Kier alpha value is -1.55. The molecule has 1 aromatic rings. The van der Waals surface area contributed by atoms with Crippen LogP contribution in [0.3, 0.4) is 0 Å². The maximum absolute atomic E-state index is 12.2. The molecule has 2 aliphatic rings. The highest BCUT2D eigenvalue weighted by Crippen LogP contribution is 2.45. The number of aromatic nitrogens is 3. The molecule has 0 unspecified atom stereocenters. The van der Waals surface area contributed by atoms with Gasteiger partial charge in [-0.2, -0.15) is 5.26 Å². The summed E-state index contributed by atoms with van der Waals surface area (Å²) in [5, 5.41) is 18.2. The van der Waals surface area contributed by atoms with E-state index in [2.05, 4.69) is 20.8 Å². The Morgan fingerprint density at radius 2 is 2.18 bits per heavy atom. The van der Waals surface area contributed by atoms with Crippen molar-refractivity contribution in [2.75, 3.05) is 18.8 Å². The van der Waals surface area contributed by atoms with Gasteiger partial charge >= 0.3 is 0 Å². The van der Waals surface area contributed by atoms with Crippen molar-refractivity contribution in [1.29, 1.82) is 5.26 Å². The molecule has 1 amide bonds. The first-order valence-corrected chi connectivity index (χ1v) is 8.95. The monoisotopic (exact) mass is 319 g/mol. The third kappa shape index (κ3) is 3.43. The number of nitrogens with zero attached hydrogens (tertiary/aromatic N) is 5. The van der Waals surface area contributed by atoms with Crippen LogP contribution in [0.1, 0.15) is 56.8 Å². The van der Waals surface area contributed by atoms with Crippen molar-refractivity contribution in [3.05, 3.63) is 5.82 Å². The molecule has 22 heavy (non-hydrogen) atoms. The van der Waals surface area contributed by atoms with Gasteiger partial charge in [-0.25, -0.2) is 0 Å². The second kappa shape index (κ2) is 6.69. The predicted molar refractivity (Wildman–Crippen MR) is 83.5 cm³/mol. The standard InChI is InChI=1S/C15H21N5OS/c1-2-19(9-3-8-16)13(21)10-22-15-18-17-14(11-4-5-11)20(15)12-6-7-12/h11-12H,2-7,9-10H2,1H3. The van der Waals surface area contributed by atoms with Gasteiger partial charge in [0.15, 0.2) is 5.16 Å². The summed E-state index contributed by atoms with van der Waals surface area (Å²) in [6, 6.07) is 2.63. The number of rotatable bonds is 8. The van der Waals surface area contributed by atoms with Gasteiger partial charge in [0.25, 0.3) is 0 Å². The van der Waals surface area contributed by atoms with Crippen molar-refractivity contribution in [2.24, 2.45) is 0 Å². The quantitative estimate of drug-likeness (QED) is 0.688. The predicted octanol–water partition coefficient (Wildman–Crippen LogP) is 2.34. The Kier molecular flexibility index (Phi) is 4.67. The zero-order valence-electron chi connectivity index (χ0n) is 12.9. The van der Waals surface area contributed by atoms with E-state index in [0.717, 1.165) is 11.0 Å². The van der Waals surface area contributed by atoms with Crippen LogP contribution in [0.5, 0.6) is 0 Å². The van der Waals surface area contributed by atoms with Crippen molar-refractivity contribution >= 4 is 17.7 Å². The SMILES string of the molecule is CCN(CCC#N)C(=O)CSc1nnc(C2CC2)n1C1CC1. The summed E-state index contributed by atoms with van der Waals surface area (Å²) in [6.07, 6.45) is 5.21. The van der Waals surface area contributed by atoms with Crippen LogP contribution in [0.2, 0.25) is 0 Å². The zero-order valence-corrected chi connectivity index (χ0v) is 13.7. The van der Waals surface area contributed by atoms with E-state index in [9.17, 15) is 4.79 Å². The second-order valence-corrected chi connectivity index (χ2v) is 6.83. The minimum atomic E-state index is 0.0704. The first kappa shape index (κ1) is 15.3. The van der Waals surface area contributed by atoms with Gasteiger partial charge in [0.05, 0.1) is 18.2 Å². The molecule has 0 spiro atoms. The van der Waals surface area contributed by atoms with Gasteiger partial charge in [0.2, 0.25) is 5.91 Å². The number of thioether (sulfide) groups is 1. The third-order valence-corrected chi connectivity index (χ3v) is 5.03. The van der Waals surface area contributed by atoms with Gasteiger partial charge in [-0.15, -0.1) is 10.2 Å². The summed E-state index contributed by atoms with van der Waals surface area (Å²) in [5.41, 5.74) is 0. The topological polar surface area (TPSA) is 74.8 Å². The lowest BCUT2D eigenvalue weighted by Crippen LogP contribution is -2.33. The Bertz CT molecular complexity index is 585. The zero-order chi connectivity index (χ0) is 15.5. The smallest absolute Gasteiger partial charge is 0.233 e. The fraction of sp³-hybridized carbons (Fsp3) is 0.733. The average Bonchev–Trinajstić information content (AvgIpc) is 3.44. The molecule has 0 bridgehead atoms. The van der Waals surface area contributed by atoms with E-state index in [4.69, 9.17) is 5.26 Å². The molecule has 0 N–H and O–H groups in total. The molecule has 3 rings (SSSR count). The Labute approximate surface area is 134 Å². The second-order valence-electron chi connectivity index (χ2n) is 5.89. The maximum Gasteiger partial charge on any atom is 0.233 e. The van der Waals surface area contributed by atoms with Crippen molar-refractivity contribution in [3.63, 3.8) is 0 Å². The summed E-state index contributed by atoms with van der Waals surface area (Å²) < 4.78 is 2.27. The van der Waals surface area contributed by atoms with Crippen molar-refractivity contribution in [2.45, 2.75) is 56.1 Å². The number of amides is 1. The fourth-order valence-electron chi connectivity index (χ4n) is 2.54. The summed E-state index contributed by atoms with van der Waals surface area (Å²) in [6.45, 7) is 3.09. The summed E-state index contributed by atoms with van der Waals surface area (Å²) >= 11 is 1.48. The Balaban J connectivity index is 1.61. The lowest BCUT2D eigenvalue weighted by atomic mass is 10.4. The molecular formula is C15H21N5OS. The molecule has 0 atom stereocenters. The molecule has 0 aliphatic heterocycles. The van der Waals surface area contributed by atoms with Crippen LogP contribution in [0.4, 0.5) is 0 Å². The van der Waals surface area contributed by atoms with Crippen molar-refractivity contribution in [1.82, 2.24) is 19.7 Å². The first-order chi connectivity index (χ1) is 10.7. The molecule has 118 valence electrons. The first-order valence-electron chi connectivity index (χ1n) is 7.97. The van der Waals surface area contributed by atoms with Gasteiger partial charge in [-0.1, -0.05) is 11.8 Å². The largest absolute Gasteiger partial charge is 0.341 e. The van der Waals surface area contributed by atoms with Gasteiger partial charge < -0.3 is 9.47 Å². The van der Waals surface area contributed by atoms with Crippen LogP contribution in [0, 0.1) is 11.3 Å². The van der Waals surface area contributed by atoms with Gasteiger partial charge in [-0.3, -0.25) is 4.79 Å². The molecule has 2 aliphatic carbocycles. The van der Waals surface area contributed by atoms with Crippen LogP contribution in [0.25, 0.3) is 0 Å². The number of carbonyl (C=O) groups excluding carboxylic acids is 1. The summed E-state index contributed by atoms with van der Waals surface area (Å²) in [4.78, 5) is 14.0. The summed E-state index contributed by atoms with van der Waals surface area (Å²) in [7, 11) is 0. The van der Waals surface area contributed by atoms with Crippen LogP contribution in [-0.4, -0.2) is 44.4 Å². The van der Waals surface area contributed by atoms with Crippen LogP contribution in [0.15, 0.2) is 5.16 Å².